The number of pyridine rings is 1. The SMILES string of the molecule is Cc1nnc(N[C@H](C)c2cccc(C(F)(F)C(C)(C)O)c2)c2cc(N3CC4CCC(C3)O4)cnc12. The number of benzene rings is 1. The number of aryl methyl sites for hydroxylation is 1. The zero-order valence-corrected chi connectivity index (χ0v) is 20.4. The highest BCUT2D eigenvalue weighted by atomic mass is 19.3. The summed E-state index contributed by atoms with van der Waals surface area (Å²) >= 11 is 0. The van der Waals surface area contributed by atoms with E-state index in [0.717, 1.165) is 62.1 Å². The second kappa shape index (κ2) is 8.64. The van der Waals surface area contributed by atoms with Gasteiger partial charge in [0.1, 0.15) is 5.60 Å². The van der Waals surface area contributed by atoms with E-state index in [1.165, 1.54) is 12.1 Å². The summed E-state index contributed by atoms with van der Waals surface area (Å²) in [6.07, 6.45) is 4.56. The lowest BCUT2D eigenvalue weighted by atomic mass is 9.91. The van der Waals surface area contributed by atoms with Crippen LogP contribution in [0, 0.1) is 6.92 Å². The molecule has 1 aromatic carbocycles. The topological polar surface area (TPSA) is 83.4 Å². The highest BCUT2D eigenvalue weighted by molar-refractivity contribution is 5.92. The fourth-order valence-corrected chi connectivity index (χ4v) is 4.90. The van der Waals surface area contributed by atoms with Crippen molar-refractivity contribution in [3.63, 3.8) is 0 Å². The number of hydrogen-bond donors (Lipinski definition) is 2. The first kappa shape index (κ1) is 23.8. The number of aliphatic hydroxyl groups is 1. The third-order valence-corrected chi connectivity index (χ3v) is 7.05. The number of halogens is 2. The van der Waals surface area contributed by atoms with Crippen molar-refractivity contribution in [3.05, 3.63) is 53.3 Å². The Morgan fingerprint density at radius 1 is 1.14 bits per heavy atom. The molecule has 2 aromatic heterocycles. The van der Waals surface area contributed by atoms with Crippen molar-refractivity contribution in [3.8, 4) is 0 Å². The quantitative estimate of drug-likeness (QED) is 0.524. The molecule has 35 heavy (non-hydrogen) atoms. The zero-order valence-electron chi connectivity index (χ0n) is 20.4. The van der Waals surface area contributed by atoms with Crippen molar-refractivity contribution in [2.45, 2.75) is 70.3 Å². The first-order valence-corrected chi connectivity index (χ1v) is 12.0. The molecule has 3 atom stereocenters. The van der Waals surface area contributed by atoms with Crippen molar-refractivity contribution in [2.24, 2.45) is 0 Å². The first-order valence-electron chi connectivity index (χ1n) is 12.0. The third kappa shape index (κ3) is 4.43. The Hall–Kier alpha value is -2.91. The van der Waals surface area contributed by atoms with Crippen LogP contribution in [0.2, 0.25) is 0 Å². The van der Waals surface area contributed by atoms with Gasteiger partial charge < -0.3 is 20.1 Å². The van der Waals surface area contributed by atoms with Gasteiger partial charge in [-0.3, -0.25) is 4.98 Å². The van der Waals surface area contributed by atoms with E-state index in [9.17, 15) is 13.9 Å². The number of hydrogen-bond acceptors (Lipinski definition) is 7. The molecule has 2 saturated heterocycles. The van der Waals surface area contributed by atoms with Crippen molar-refractivity contribution in [2.75, 3.05) is 23.3 Å². The third-order valence-electron chi connectivity index (χ3n) is 7.05. The summed E-state index contributed by atoms with van der Waals surface area (Å²) in [5.74, 6) is -2.85. The number of alkyl halides is 2. The smallest absolute Gasteiger partial charge is 0.300 e. The Bertz CT molecular complexity index is 1230. The van der Waals surface area contributed by atoms with Crippen molar-refractivity contribution in [1.29, 1.82) is 0 Å². The summed E-state index contributed by atoms with van der Waals surface area (Å²) in [4.78, 5) is 7.00. The first-order chi connectivity index (χ1) is 16.5. The Balaban J connectivity index is 1.45. The van der Waals surface area contributed by atoms with E-state index in [1.54, 1.807) is 12.1 Å². The minimum Gasteiger partial charge on any atom is -0.384 e. The molecule has 7 nitrogen and oxygen atoms in total. The Kier molecular flexibility index (Phi) is 5.88. The summed E-state index contributed by atoms with van der Waals surface area (Å²) in [6, 6.07) is 7.85. The van der Waals surface area contributed by atoms with Crippen LogP contribution in [0.3, 0.4) is 0 Å². The van der Waals surface area contributed by atoms with Gasteiger partial charge in [-0.2, -0.15) is 13.9 Å². The largest absolute Gasteiger partial charge is 0.384 e. The predicted molar refractivity (Wildman–Crippen MR) is 131 cm³/mol. The normalized spacial score (nSPS) is 21.4. The van der Waals surface area contributed by atoms with Crippen LogP contribution in [-0.4, -0.2) is 51.2 Å². The Labute approximate surface area is 203 Å². The molecule has 2 aliphatic heterocycles. The molecule has 0 radical (unpaired) electrons. The lowest BCUT2D eigenvalue weighted by molar-refractivity contribution is -0.168. The van der Waals surface area contributed by atoms with Crippen LogP contribution in [-0.2, 0) is 10.7 Å². The number of anilines is 2. The zero-order chi connectivity index (χ0) is 25.0. The van der Waals surface area contributed by atoms with E-state index in [-0.39, 0.29) is 23.8 Å². The van der Waals surface area contributed by atoms with Crippen molar-refractivity contribution < 1.29 is 18.6 Å². The van der Waals surface area contributed by atoms with Gasteiger partial charge in [0.25, 0.3) is 0 Å². The van der Waals surface area contributed by atoms with E-state index >= 15 is 0 Å². The molecule has 186 valence electrons. The molecule has 0 amide bonds. The van der Waals surface area contributed by atoms with Gasteiger partial charge in [-0.1, -0.05) is 18.2 Å². The maximum absolute atomic E-state index is 14.8. The van der Waals surface area contributed by atoms with Gasteiger partial charge in [-0.15, -0.1) is 5.10 Å². The molecule has 2 bridgehead atoms. The molecule has 3 aromatic rings. The monoisotopic (exact) mass is 483 g/mol. The molecule has 0 saturated carbocycles. The number of rotatable bonds is 6. The van der Waals surface area contributed by atoms with Gasteiger partial charge in [0.05, 0.1) is 41.3 Å². The molecule has 2 fully saturated rings. The average molecular weight is 484 g/mol. The standard InChI is InChI=1S/C26H31F2N5O2/c1-15(17-6-5-7-18(10-17)26(27,28)25(3,4)34)30-24-22-11-19(12-29-23(22)16(2)31-32-24)33-13-20-8-9-21(14-33)35-20/h5-7,10-12,15,20-21,34H,8-9,13-14H2,1-4H3,(H,30,32)/t15-,20?,21?/m1/s1. The fourth-order valence-electron chi connectivity index (χ4n) is 4.90. The molecule has 2 unspecified atom stereocenters. The average Bonchev–Trinajstić information content (AvgIpc) is 3.17. The van der Waals surface area contributed by atoms with Crippen LogP contribution in [0.25, 0.3) is 10.9 Å². The molecule has 4 heterocycles. The second-order valence-electron chi connectivity index (χ2n) is 10.2. The fraction of sp³-hybridized carbons (Fsp3) is 0.500. The summed E-state index contributed by atoms with van der Waals surface area (Å²) in [7, 11) is 0. The summed E-state index contributed by atoms with van der Waals surface area (Å²) in [5, 5.41) is 22.8. The van der Waals surface area contributed by atoms with Gasteiger partial charge in [-0.25, -0.2) is 0 Å². The van der Waals surface area contributed by atoms with Crippen LogP contribution >= 0.6 is 0 Å². The maximum Gasteiger partial charge on any atom is 0.300 e. The van der Waals surface area contributed by atoms with Crippen LogP contribution in [0.4, 0.5) is 20.3 Å². The maximum atomic E-state index is 14.8. The van der Waals surface area contributed by atoms with E-state index in [1.807, 2.05) is 20.0 Å². The van der Waals surface area contributed by atoms with E-state index in [2.05, 4.69) is 31.5 Å². The highest BCUT2D eigenvalue weighted by Gasteiger charge is 2.47. The van der Waals surface area contributed by atoms with Crippen LogP contribution in [0.15, 0.2) is 36.5 Å². The van der Waals surface area contributed by atoms with Crippen LogP contribution in [0.1, 0.15) is 56.5 Å². The minimum absolute atomic E-state index is 0.234. The van der Waals surface area contributed by atoms with E-state index in [4.69, 9.17) is 4.74 Å². The molecule has 5 rings (SSSR count). The molecule has 9 heteroatoms. The van der Waals surface area contributed by atoms with Gasteiger partial charge in [-0.05, 0) is 58.2 Å². The van der Waals surface area contributed by atoms with Gasteiger partial charge in [0, 0.05) is 24.0 Å². The Morgan fingerprint density at radius 3 is 2.54 bits per heavy atom. The Morgan fingerprint density at radius 2 is 1.86 bits per heavy atom. The highest BCUT2D eigenvalue weighted by Crippen LogP contribution is 2.39. The predicted octanol–water partition coefficient (Wildman–Crippen LogP) is 4.74. The summed E-state index contributed by atoms with van der Waals surface area (Å²) in [6.45, 7) is 7.64. The molecule has 2 N–H and O–H groups in total. The minimum atomic E-state index is -3.39. The number of nitrogens with zero attached hydrogens (tertiary/aromatic N) is 4. The van der Waals surface area contributed by atoms with Crippen molar-refractivity contribution in [1.82, 2.24) is 15.2 Å². The van der Waals surface area contributed by atoms with Crippen LogP contribution in [0.5, 0.6) is 0 Å². The van der Waals surface area contributed by atoms with Crippen molar-refractivity contribution >= 4 is 22.4 Å². The summed E-state index contributed by atoms with van der Waals surface area (Å²) in [5.41, 5.74) is 0.711. The van der Waals surface area contributed by atoms with E-state index < -0.39 is 11.5 Å². The lowest BCUT2D eigenvalue weighted by Gasteiger charge is -2.33. The van der Waals surface area contributed by atoms with E-state index in [0.29, 0.717) is 11.4 Å². The molecule has 0 aliphatic carbocycles. The van der Waals surface area contributed by atoms with Gasteiger partial charge in [0.2, 0.25) is 0 Å². The number of morpholine rings is 1. The summed E-state index contributed by atoms with van der Waals surface area (Å²) < 4.78 is 35.5. The number of ether oxygens (including phenoxy) is 1. The lowest BCUT2D eigenvalue weighted by Crippen LogP contribution is -2.42. The number of nitrogens with one attached hydrogen (secondary N) is 1. The number of aromatic nitrogens is 3. The van der Waals surface area contributed by atoms with Gasteiger partial charge in [0.15, 0.2) is 5.82 Å². The second-order valence-corrected chi connectivity index (χ2v) is 10.2. The molecular weight excluding hydrogens is 452 g/mol. The number of fused-ring (bicyclic) bond motifs is 3. The molecular formula is C26H31F2N5O2. The molecule has 0 spiro atoms. The van der Waals surface area contributed by atoms with Crippen LogP contribution < -0.4 is 10.2 Å². The van der Waals surface area contributed by atoms with Gasteiger partial charge >= 0.3 is 5.92 Å². The molecule has 2 aliphatic rings.